The summed E-state index contributed by atoms with van der Waals surface area (Å²) in [5.74, 6) is 1.22. The van der Waals surface area contributed by atoms with Crippen LogP contribution >= 0.6 is 0 Å². The summed E-state index contributed by atoms with van der Waals surface area (Å²) in [6.45, 7) is 2.24. The number of ether oxygens (including phenoxy) is 1. The monoisotopic (exact) mass is 442 g/mol. The van der Waals surface area contributed by atoms with Gasteiger partial charge in [-0.15, -0.1) is 0 Å². The average molecular weight is 443 g/mol. The van der Waals surface area contributed by atoms with Gasteiger partial charge >= 0.3 is 0 Å². The molecule has 33 heavy (non-hydrogen) atoms. The zero-order valence-corrected chi connectivity index (χ0v) is 19.4. The van der Waals surface area contributed by atoms with Crippen molar-refractivity contribution < 1.29 is 9.53 Å². The summed E-state index contributed by atoms with van der Waals surface area (Å²) in [6.07, 6.45) is 12.3. The minimum Gasteiger partial charge on any atom is -0.455 e. The number of carbonyl (C=O) groups excluding carboxylic acids is 1. The molecule has 4 heteroatoms. The Bertz CT molecular complexity index is 1050. The predicted octanol–water partition coefficient (Wildman–Crippen LogP) is 7.44. The van der Waals surface area contributed by atoms with E-state index in [-0.39, 0.29) is 5.78 Å². The number of aryl methyl sites for hydroxylation is 1. The van der Waals surface area contributed by atoms with Gasteiger partial charge in [-0.05, 0) is 60.4 Å². The molecule has 3 rings (SSSR count). The normalized spacial score (nSPS) is 11.1. The van der Waals surface area contributed by atoms with Crippen molar-refractivity contribution in [2.45, 2.75) is 51.9 Å². The average Bonchev–Trinajstić information content (AvgIpc) is 2.83. The van der Waals surface area contributed by atoms with E-state index in [1.807, 2.05) is 42.5 Å². The molecule has 0 aliphatic heterocycles. The molecule has 0 bridgehead atoms. The van der Waals surface area contributed by atoms with E-state index < -0.39 is 0 Å². The standard InChI is InChI=1S/C29H34N2O2/c1-2-3-4-5-6-7-8-22-9-14-24(15-10-22)28(32)19-13-23-11-17-26(18-12-23)33-29-20-16-25(30)21-27(29)31/h9-21H,2-8,30-31H2,1H3/b19-13+. The first-order chi connectivity index (χ1) is 16.0. The molecule has 0 saturated heterocycles. The van der Waals surface area contributed by atoms with Crippen LogP contribution in [0.15, 0.2) is 72.8 Å². The van der Waals surface area contributed by atoms with Gasteiger partial charge in [-0.25, -0.2) is 0 Å². The van der Waals surface area contributed by atoms with Gasteiger partial charge in [-0.3, -0.25) is 4.79 Å². The van der Waals surface area contributed by atoms with Crippen LogP contribution in [-0.4, -0.2) is 5.78 Å². The fourth-order valence-electron chi connectivity index (χ4n) is 3.65. The van der Waals surface area contributed by atoms with Crippen molar-refractivity contribution >= 4 is 23.2 Å². The number of allylic oxidation sites excluding steroid dienone is 1. The molecular weight excluding hydrogens is 408 g/mol. The fourth-order valence-corrected chi connectivity index (χ4v) is 3.65. The summed E-state index contributed by atoms with van der Waals surface area (Å²) >= 11 is 0. The molecular formula is C29H34N2O2. The van der Waals surface area contributed by atoms with Crippen LogP contribution in [0.5, 0.6) is 11.5 Å². The Kier molecular flexibility index (Phi) is 9.13. The van der Waals surface area contributed by atoms with Crippen LogP contribution in [0.2, 0.25) is 0 Å². The first-order valence-electron chi connectivity index (χ1n) is 11.8. The van der Waals surface area contributed by atoms with Crippen LogP contribution < -0.4 is 16.2 Å². The topological polar surface area (TPSA) is 78.3 Å². The second-order valence-corrected chi connectivity index (χ2v) is 8.38. The van der Waals surface area contributed by atoms with Gasteiger partial charge in [0.15, 0.2) is 5.78 Å². The van der Waals surface area contributed by atoms with Crippen molar-refractivity contribution in [1.82, 2.24) is 0 Å². The number of nitrogens with two attached hydrogens (primary N) is 2. The molecule has 3 aromatic rings. The predicted molar refractivity (Wildman–Crippen MR) is 139 cm³/mol. The highest BCUT2D eigenvalue weighted by atomic mass is 16.5. The highest BCUT2D eigenvalue weighted by molar-refractivity contribution is 6.06. The maximum atomic E-state index is 12.5. The Morgan fingerprint density at radius 1 is 0.848 bits per heavy atom. The van der Waals surface area contributed by atoms with Crippen LogP contribution in [-0.2, 0) is 6.42 Å². The molecule has 0 aliphatic carbocycles. The van der Waals surface area contributed by atoms with Crippen molar-refractivity contribution in [3.05, 3.63) is 89.5 Å². The SMILES string of the molecule is CCCCCCCCc1ccc(C(=O)/C=C/c2ccc(Oc3ccc(N)cc3N)cc2)cc1. The quantitative estimate of drug-likeness (QED) is 0.132. The van der Waals surface area contributed by atoms with E-state index in [0.29, 0.717) is 28.4 Å². The molecule has 0 saturated carbocycles. The number of benzene rings is 3. The van der Waals surface area contributed by atoms with Gasteiger partial charge in [-0.2, -0.15) is 0 Å². The zero-order valence-electron chi connectivity index (χ0n) is 19.4. The van der Waals surface area contributed by atoms with Crippen LogP contribution in [0.3, 0.4) is 0 Å². The lowest BCUT2D eigenvalue weighted by atomic mass is 10.0. The lowest BCUT2D eigenvalue weighted by Crippen LogP contribution is -1.95. The Labute approximate surface area is 197 Å². The maximum absolute atomic E-state index is 12.5. The Morgan fingerprint density at radius 3 is 2.24 bits per heavy atom. The molecule has 172 valence electrons. The minimum atomic E-state index is -0.00362. The summed E-state index contributed by atoms with van der Waals surface area (Å²) < 4.78 is 5.81. The zero-order chi connectivity index (χ0) is 23.5. The largest absolute Gasteiger partial charge is 0.455 e. The lowest BCUT2D eigenvalue weighted by Gasteiger charge is -2.09. The molecule has 0 fully saturated rings. The molecule has 0 aromatic heterocycles. The molecule has 0 spiro atoms. The molecule has 0 atom stereocenters. The van der Waals surface area contributed by atoms with Gasteiger partial charge in [0.05, 0.1) is 5.69 Å². The van der Waals surface area contributed by atoms with E-state index in [4.69, 9.17) is 16.2 Å². The number of anilines is 2. The molecule has 4 nitrogen and oxygen atoms in total. The van der Waals surface area contributed by atoms with Gasteiger partial charge in [0, 0.05) is 11.3 Å². The van der Waals surface area contributed by atoms with Gasteiger partial charge < -0.3 is 16.2 Å². The number of carbonyl (C=O) groups is 1. The first kappa shape index (κ1) is 24.1. The first-order valence-corrected chi connectivity index (χ1v) is 11.8. The van der Waals surface area contributed by atoms with Gasteiger partial charge in [-0.1, -0.05) is 81.5 Å². The molecule has 0 heterocycles. The van der Waals surface area contributed by atoms with Crippen molar-refractivity contribution in [2.24, 2.45) is 0 Å². The van der Waals surface area contributed by atoms with Crippen LogP contribution in [0.4, 0.5) is 11.4 Å². The third-order valence-corrected chi connectivity index (χ3v) is 5.63. The second-order valence-electron chi connectivity index (χ2n) is 8.38. The highest BCUT2D eigenvalue weighted by Gasteiger charge is 2.04. The summed E-state index contributed by atoms with van der Waals surface area (Å²) in [4.78, 5) is 12.5. The Hall–Kier alpha value is -3.53. The van der Waals surface area contributed by atoms with E-state index in [2.05, 4.69) is 19.1 Å². The van der Waals surface area contributed by atoms with Crippen molar-refractivity contribution in [1.29, 1.82) is 0 Å². The summed E-state index contributed by atoms with van der Waals surface area (Å²) in [5, 5.41) is 0. The third kappa shape index (κ3) is 7.83. The minimum absolute atomic E-state index is 0.00362. The number of hydrogen-bond acceptors (Lipinski definition) is 4. The van der Waals surface area contributed by atoms with Crippen LogP contribution in [0, 0.1) is 0 Å². The summed E-state index contributed by atoms with van der Waals surface area (Å²) in [6, 6.07) is 20.6. The second kappa shape index (κ2) is 12.5. The number of rotatable bonds is 12. The van der Waals surface area contributed by atoms with E-state index in [1.54, 1.807) is 24.3 Å². The van der Waals surface area contributed by atoms with Crippen LogP contribution in [0.25, 0.3) is 6.08 Å². The fraction of sp³-hybridized carbons (Fsp3) is 0.276. The van der Waals surface area contributed by atoms with E-state index in [9.17, 15) is 4.79 Å². The molecule has 4 N–H and O–H groups in total. The molecule has 0 radical (unpaired) electrons. The Balaban J connectivity index is 1.49. The molecule has 0 unspecified atom stereocenters. The molecule has 0 aliphatic rings. The molecule has 0 amide bonds. The van der Waals surface area contributed by atoms with Gasteiger partial charge in [0.1, 0.15) is 11.5 Å². The van der Waals surface area contributed by atoms with Gasteiger partial charge in [0.25, 0.3) is 0 Å². The van der Waals surface area contributed by atoms with E-state index in [1.165, 1.54) is 44.1 Å². The number of hydrogen-bond donors (Lipinski definition) is 2. The number of ketones is 1. The van der Waals surface area contributed by atoms with Crippen molar-refractivity contribution in [3.8, 4) is 11.5 Å². The van der Waals surface area contributed by atoms with E-state index >= 15 is 0 Å². The number of unbranched alkanes of at least 4 members (excludes halogenated alkanes) is 5. The van der Waals surface area contributed by atoms with Crippen molar-refractivity contribution in [2.75, 3.05) is 11.5 Å². The van der Waals surface area contributed by atoms with Gasteiger partial charge in [0.2, 0.25) is 0 Å². The molecule has 3 aromatic carbocycles. The highest BCUT2D eigenvalue weighted by Crippen LogP contribution is 2.29. The lowest BCUT2D eigenvalue weighted by molar-refractivity contribution is 0.104. The van der Waals surface area contributed by atoms with Crippen LogP contribution in [0.1, 0.15) is 66.9 Å². The summed E-state index contributed by atoms with van der Waals surface area (Å²) in [7, 11) is 0. The summed E-state index contributed by atoms with van der Waals surface area (Å²) in [5.41, 5.74) is 15.7. The third-order valence-electron chi connectivity index (χ3n) is 5.63. The van der Waals surface area contributed by atoms with Crippen molar-refractivity contribution in [3.63, 3.8) is 0 Å². The maximum Gasteiger partial charge on any atom is 0.185 e. The Morgan fingerprint density at radius 2 is 1.55 bits per heavy atom. The smallest absolute Gasteiger partial charge is 0.185 e. The van der Waals surface area contributed by atoms with E-state index in [0.717, 1.165) is 12.0 Å². The number of nitrogen functional groups attached to an aromatic ring is 2.